The molecule has 0 spiro atoms. The summed E-state index contributed by atoms with van der Waals surface area (Å²) < 4.78 is 11.1. The fourth-order valence-corrected chi connectivity index (χ4v) is 2.95. The van der Waals surface area contributed by atoms with E-state index >= 15 is 0 Å². The average Bonchev–Trinajstić information content (AvgIpc) is 2.84. The van der Waals surface area contributed by atoms with Gasteiger partial charge in [0, 0.05) is 11.6 Å². The minimum absolute atomic E-state index is 0.0182. The molecular formula is C19H29NO3. The number of benzene rings is 1. The van der Waals surface area contributed by atoms with Crippen molar-refractivity contribution in [3.05, 3.63) is 23.8 Å². The number of amides is 1. The summed E-state index contributed by atoms with van der Waals surface area (Å²) in [5.41, 5.74) is 0.633. The molecule has 4 nitrogen and oxygen atoms in total. The molecule has 0 atom stereocenters. The van der Waals surface area contributed by atoms with Crippen LogP contribution in [0.25, 0.3) is 0 Å². The van der Waals surface area contributed by atoms with Crippen LogP contribution in [-0.4, -0.2) is 25.7 Å². The Morgan fingerprint density at radius 3 is 2.57 bits per heavy atom. The molecule has 4 heteroatoms. The zero-order valence-electron chi connectivity index (χ0n) is 14.4. The number of unbranched alkanes of at least 4 members (excludes halogenated alkanes) is 1. The zero-order valence-corrected chi connectivity index (χ0v) is 14.4. The Bertz CT molecular complexity index is 493. The SMILES string of the molecule is CCCCOc1ccc(C(=O)NC2CCCCCC2)cc1OC. The van der Waals surface area contributed by atoms with E-state index in [0.29, 0.717) is 29.7 Å². The molecule has 128 valence electrons. The van der Waals surface area contributed by atoms with Gasteiger partial charge in [0.2, 0.25) is 0 Å². The Labute approximate surface area is 139 Å². The van der Waals surface area contributed by atoms with Gasteiger partial charge in [0.25, 0.3) is 5.91 Å². The van der Waals surface area contributed by atoms with E-state index in [-0.39, 0.29) is 5.91 Å². The smallest absolute Gasteiger partial charge is 0.251 e. The quantitative estimate of drug-likeness (QED) is 0.601. The van der Waals surface area contributed by atoms with Crippen LogP contribution in [-0.2, 0) is 0 Å². The molecular weight excluding hydrogens is 290 g/mol. The monoisotopic (exact) mass is 319 g/mol. The first-order valence-corrected chi connectivity index (χ1v) is 8.86. The summed E-state index contributed by atoms with van der Waals surface area (Å²) in [6.45, 7) is 2.79. The Hall–Kier alpha value is -1.71. The summed E-state index contributed by atoms with van der Waals surface area (Å²) in [4.78, 5) is 12.5. The topological polar surface area (TPSA) is 47.6 Å². The van der Waals surface area contributed by atoms with Crippen molar-refractivity contribution in [1.29, 1.82) is 0 Å². The van der Waals surface area contributed by atoms with Crippen molar-refractivity contribution in [3.63, 3.8) is 0 Å². The molecule has 1 aromatic rings. The molecule has 0 aromatic heterocycles. The first kappa shape index (κ1) is 17.6. The lowest BCUT2D eigenvalue weighted by molar-refractivity contribution is 0.0933. The summed E-state index contributed by atoms with van der Waals surface area (Å²) in [5.74, 6) is 1.30. The number of carbonyl (C=O) groups excluding carboxylic acids is 1. The number of hydrogen-bond donors (Lipinski definition) is 1. The first-order chi connectivity index (χ1) is 11.2. The lowest BCUT2D eigenvalue weighted by Crippen LogP contribution is -2.34. The average molecular weight is 319 g/mol. The summed E-state index contributed by atoms with van der Waals surface area (Å²) in [5, 5.41) is 3.16. The number of hydrogen-bond acceptors (Lipinski definition) is 3. The molecule has 1 aliphatic rings. The molecule has 0 bridgehead atoms. The highest BCUT2D eigenvalue weighted by Gasteiger charge is 2.17. The molecule has 0 radical (unpaired) electrons. The first-order valence-electron chi connectivity index (χ1n) is 8.86. The molecule has 0 saturated heterocycles. The molecule has 1 amide bonds. The molecule has 1 N–H and O–H groups in total. The maximum absolute atomic E-state index is 12.5. The Kier molecular flexibility index (Phi) is 7.24. The minimum atomic E-state index is -0.0182. The van der Waals surface area contributed by atoms with Gasteiger partial charge in [0.1, 0.15) is 0 Å². The van der Waals surface area contributed by atoms with E-state index in [1.54, 1.807) is 13.2 Å². The molecule has 0 aliphatic heterocycles. The Morgan fingerprint density at radius 1 is 1.17 bits per heavy atom. The van der Waals surface area contributed by atoms with Gasteiger partial charge in [-0.25, -0.2) is 0 Å². The Balaban J connectivity index is 1.99. The van der Waals surface area contributed by atoms with Crippen molar-refractivity contribution in [2.75, 3.05) is 13.7 Å². The second kappa shape index (κ2) is 9.43. The van der Waals surface area contributed by atoms with Gasteiger partial charge in [-0.1, -0.05) is 39.0 Å². The van der Waals surface area contributed by atoms with Crippen LogP contribution >= 0.6 is 0 Å². The maximum Gasteiger partial charge on any atom is 0.251 e. The molecule has 1 aromatic carbocycles. The largest absolute Gasteiger partial charge is 0.493 e. The van der Waals surface area contributed by atoms with Gasteiger partial charge in [0.15, 0.2) is 11.5 Å². The number of methoxy groups -OCH3 is 1. The highest BCUT2D eigenvalue weighted by molar-refractivity contribution is 5.95. The van der Waals surface area contributed by atoms with Crippen LogP contribution in [0.5, 0.6) is 11.5 Å². The summed E-state index contributed by atoms with van der Waals surface area (Å²) in [6, 6.07) is 5.72. The maximum atomic E-state index is 12.5. The van der Waals surface area contributed by atoms with Crippen LogP contribution in [0.15, 0.2) is 18.2 Å². The standard InChI is InChI=1S/C19H29NO3/c1-3-4-13-23-17-12-11-15(14-18(17)22-2)19(21)20-16-9-7-5-6-8-10-16/h11-12,14,16H,3-10,13H2,1-2H3,(H,20,21). The van der Waals surface area contributed by atoms with Crippen molar-refractivity contribution >= 4 is 5.91 Å². The molecule has 0 unspecified atom stereocenters. The third-order valence-corrected chi connectivity index (χ3v) is 4.37. The van der Waals surface area contributed by atoms with Crippen LogP contribution in [0.1, 0.15) is 68.6 Å². The van der Waals surface area contributed by atoms with Crippen LogP contribution in [0.4, 0.5) is 0 Å². The van der Waals surface area contributed by atoms with E-state index in [2.05, 4.69) is 12.2 Å². The van der Waals surface area contributed by atoms with Gasteiger partial charge in [-0.05, 0) is 37.5 Å². The summed E-state index contributed by atoms with van der Waals surface area (Å²) in [7, 11) is 1.61. The summed E-state index contributed by atoms with van der Waals surface area (Å²) in [6.07, 6.45) is 9.24. The molecule has 0 heterocycles. The second-order valence-electron chi connectivity index (χ2n) is 6.23. The molecule has 2 rings (SSSR count). The van der Waals surface area contributed by atoms with E-state index in [4.69, 9.17) is 9.47 Å². The van der Waals surface area contributed by atoms with Crippen LogP contribution in [0.3, 0.4) is 0 Å². The van der Waals surface area contributed by atoms with Crippen LogP contribution in [0, 0.1) is 0 Å². The van der Waals surface area contributed by atoms with E-state index in [1.807, 2.05) is 12.1 Å². The second-order valence-corrected chi connectivity index (χ2v) is 6.23. The predicted octanol–water partition coefficient (Wildman–Crippen LogP) is 4.33. The number of nitrogens with one attached hydrogen (secondary N) is 1. The van der Waals surface area contributed by atoms with Gasteiger partial charge in [-0.3, -0.25) is 4.79 Å². The van der Waals surface area contributed by atoms with Gasteiger partial charge < -0.3 is 14.8 Å². The number of carbonyl (C=O) groups is 1. The van der Waals surface area contributed by atoms with E-state index in [9.17, 15) is 4.79 Å². The van der Waals surface area contributed by atoms with E-state index in [1.165, 1.54) is 25.7 Å². The number of ether oxygens (including phenoxy) is 2. The van der Waals surface area contributed by atoms with Crippen molar-refractivity contribution < 1.29 is 14.3 Å². The van der Waals surface area contributed by atoms with Gasteiger partial charge in [0.05, 0.1) is 13.7 Å². The number of rotatable bonds is 7. The lowest BCUT2D eigenvalue weighted by atomic mass is 10.1. The summed E-state index contributed by atoms with van der Waals surface area (Å²) >= 11 is 0. The third kappa shape index (κ3) is 5.45. The van der Waals surface area contributed by atoms with Crippen LogP contribution in [0.2, 0.25) is 0 Å². The van der Waals surface area contributed by atoms with E-state index < -0.39 is 0 Å². The zero-order chi connectivity index (χ0) is 16.5. The molecule has 1 saturated carbocycles. The van der Waals surface area contributed by atoms with Crippen molar-refractivity contribution in [2.45, 2.75) is 64.3 Å². The molecule has 1 aliphatic carbocycles. The van der Waals surface area contributed by atoms with Crippen molar-refractivity contribution in [3.8, 4) is 11.5 Å². The third-order valence-electron chi connectivity index (χ3n) is 4.37. The highest BCUT2D eigenvalue weighted by Crippen LogP contribution is 2.28. The van der Waals surface area contributed by atoms with Crippen molar-refractivity contribution in [1.82, 2.24) is 5.32 Å². The van der Waals surface area contributed by atoms with Gasteiger partial charge in [-0.2, -0.15) is 0 Å². The predicted molar refractivity (Wildman–Crippen MR) is 92.4 cm³/mol. The van der Waals surface area contributed by atoms with E-state index in [0.717, 1.165) is 25.7 Å². The normalized spacial score (nSPS) is 15.7. The fraction of sp³-hybridized carbons (Fsp3) is 0.632. The fourth-order valence-electron chi connectivity index (χ4n) is 2.95. The van der Waals surface area contributed by atoms with Gasteiger partial charge in [-0.15, -0.1) is 0 Å². The minimum Gasteiger partial charge on any atom is -0.493 e. The lowest BCUT2D eigenvalue weighted by Gasteiger charge is -2.17. The van der Waals surface area contributed by atoms with Crippen molar-refractivity contribution in [2.24, 2.45) is 0 Å². The molecule has 1 fully saturated rings. The molecule has 23 heavy (non-hydrogen) atoms. The van der Waals surface area contributed by atoms with Crippen LogP contribution < -0.4 is 14.8 Å². The van der Waals surface area contributed by atoms with Gasteiger partial charge >= 0.3 is 0 Å². The highest BCUT2D eigenvalue weighted by atomic mass is 16.5. The Morgan fingerprint density at radius 2 is 1.91 bits per heavy atom.